The number of nitrogens with zero attached hydrogens (tertiary/aromatic N) is 1. The van der Waals surface area contributed by atoms with Gasteiger partial charge in [-0.05, 0) is 48.0 Å². The zero-order valence-electron chi connectivity index (χ0n) is 20.7. The number of halogens is 5. The summed E-state index contributed by atoms with van der Waals surface area (Å²) in [6.45, 7) is -1.39. The van der Waals surface area contributed by atoms with Crippen LogP contribution in [-0.4, -0.2) is 46.6 Å². The van der Waals surface area contributed by atoms with E-state index in [0.29, 0.717) is 11.3 Å². The topological polar surface area (TPSA) is 144 Å². The molecule has 2 aliphatic heterocycles. The molecule has 14 heteroatoms. The molecule has 212 valence electrons. The number of carbonyl (C=O) groups excluding carboxylic acids is 3. The van der Waals surface area contributed by atoms with E-state index in [1.165, 1.54) is 24.3 Å². The van der Waals surface area contributed by atoms with E-state index in [1.807, 2.05) is 0 Å². The monoisotopic (exact) mass is 590 g/mol. The third kappa shape index (κ3) is 4.10. The molecular weight excluding hydrogens is 572 g/mol. The molecule has 3 amide bonds. The number of hydrogen-bond donors (Lipinski definition) is 4. The Bertz CT molecular complexity index is 1660. The van der Waals surface area contributed by atoms with E-state index in [2.05, 4.69) is 15.6 Å². The molecule has 1 aromatic heterocycles. The lowest BCUT2D eigenvalue weighted by Crippen LogP contribution is -2.51. The van der Waals surface area contributed by atoms with Crippen molar-refractivity contribution >= 4 is 35.0 Å². The zero-order chi connectivity index (χ0) is 29.5. The third-order valence-electron chi connectivity index (χ3n) is 7.63. The van der Waals surface area contributed by atoms with Crippen LogP contribution < -0.4 is 21.1 Å². The van der Waals surface area contributed by atoms with Crippen molar-refractivity contribution in [3.05, 3.63) is 75.7 Å². The molecule has 1 fully saturated rings. The summed E-state index contributed by atoms with van der Waals surface area (Å²) in [5, 5.41) is 15.6. The minimum atomic E-state index is -5.37. The number of fused-ring (bicyclic) bond motifs is 4. The molecule has 3 heterocycles. The van der Waals surface area contributed by atoms with Crippen LogP contribution in [-0.2, 0) is 27.0 Å². The minimum absolute atomic E-state index is 0.00273. The highest BCUT2D eigenvalue weighted by Gasteiger charge is 2.69. The Kier molecular flexibility index (Phi) is 5.84. The van der Waals surface area contributed by atoms with Gasteiger partial charge in [0, 0.05) is 23.2 Å². The van der Waals surface area contributed by atoms with Gasteiger partial charge in [0.15, 0.2) is 5.75 Å². The van der Waals surface area contributed by atoms with E-state index in [1.54, 1.807) is 0 Å². The summed E-state index contributed by atoms with van der Waals surface area (Å²) in [7, 11) is 0. The van der Waals surface area contributed by atoms with Crippen LogP contribution in [0, 0.1) is 5.82 Å². The van der Waals surface area contributed by atoms with Crippen LogP contribution >= 0.6 is 11.6 Å². The molecular formula is C27H19ClF4N4O5. The zero-order valence-corrected chi connectivity index (χ0v) is 21.5. The average molecular weight is 591 g/mol. The van der Waals surface area contributed by atoms with Crippen LogP contribution in [0.5, 0.6) is 5.75 Å². The Morgan fingerprint density at radius 3 is 2.59 bits per heavy atom. The van der Waals surface area contributed by atoms with Gasteiger partial charge in [0.05, 0.1) is 29.2 Å². The number of primary amides is 1. The molecule has 0 bridgehead atoms. The van der Waals surface area contributed by atoms with Gasteiger partial charge in [-0.15, -0.1) is 0 Å². The van der Waals surface area contributed by atoms with E-state index in [9.17, 15) is 37.1 Å². The van der Waals surface area contributed by atoms with E-state index in [4.69, 9.17) is 22.1 Å². The number of nitrogens with two attached hydrogens (primary N) is 1. The second-order valence-corrected chi connectivity index (χ2v) is 10.5. The fraction of sp³-hybridized carbons (Fsp3) is 0.259. The Morgan fingerprint density at radius 1 is 1.22 bits per heavy atom. The van der Waals surface area contributed by atoms with Gasteiger partial charge in [0.25, 0.3) is 5.91 Å². The maximum Gasteiger partial charge on any atom is 0.424 e. The number of anilines is 1. The van der Waals surface area contributed by atoms with Crippen molar-refractivity contribution in [1.82, 2.24) is 10.3 Å². The van der Waals surface area contributed by atoms with Gasteiger partial charge in [-0.3, -0.25) is 14.4 Å². The number of hydrogen-bond acceptors (Lipinski definition) is 6. The first kappa shape index (κ1) is 27.0. The van der Waals surface area contributed by atoms with E-state index in [0.717, 1.165) is 18.2 Å². The first-order chi connectivity index (χ1) is 19.2. The molecule has 1 aliphatic carbocycles. The van der Waals surface area contributed by atoms with Gasteiger partial charge >= 0.3 is 6.18 Å². The van der Waals surface area contributed by atoms with Gasteiger partial charge in [-0.25, -0.2) is 9.37 Å². The molecule has 3 aliphatic rings. The summed E-state index contributed by atoms with van der Waals surface area (Å²) >= 11 is 6.14. The Hall–Kier alpha value is -4.23. The predicted molar refractivity (Wildman–Crippen MR) is 136 cm³/mol. The Morgan fingerprint density at radius 2 is 1.93 bits per heavy atom. The number of rotatable bonds is 6. The maximum absolute atomic E-state index is 14.6. The van der Waals surface area contributed by atoms with Gasteiger partial charge in [0.1, 0.15) is 23.0 Å². The number of pyridine rings is 1. The van der Waals surface area contributed by atoms with Gasteiger partial charge in [-0.2, -0.15) is 13.2 Å². The second-order valence-electron chi connectivity index (χ2n) is 10.1. The van der Waals surface area contributed by atoms with Gasteiger partial charge in [0.2, 0.25) is 17.4 Å². The minimum Gasteiger partial charge on any atom is -0.486 e. The van der Waals surface area contributed by atoms with Crippen molar-refractivity contribution in [2.45, 2.75) is 36.1 Å². The first-order valence-corrected chi connectivity index (χ1v) is 12.6. The van der Waals surface area contributed by atoms with Crippen molar-refractivity contribution in [2.75, 3.05) is 11.9 Å². The summed E-state index contributed by atoms with van der Waals surface area (Å²) in [5.74, 6) is -2.82. The van der Waals surface area contributed by atoms with Crippen molar-refractivity contribution in [1.29, 1.82) is 0 Å². The molecule has 5 N–H and O–H groups in total. The summed E-state index contributed by atoms with van der Waals surface area (Å²) in [4.78, 5) is 41.0. The quantitative estimate of drug-likeness (QED) is 0.325. The molecule has 0 spiro atoms. The number of amides is 3. The molecule has 1 unspecified atom stereocenters. The largest absolute Gasteiger partial charge is 0.486 e. The van der Waals surface area contributed by atoms with Crippen molar-refractivity contribution in [3.63, 3.8) is 0 Å². The Labute approximate surface area is 233 Å². The number of ether oxygens (including phenoxy) is 1. The molecule has 0 saturated heterocycles. The predicted octanol–water partition coefficient (Wildman–Crippen LogP) is 3.10. The van der Waals surface area contributed by atoms with E-state index >= 15 is 0 Å². The lowest BCUT2D eigenvalue weighted by Gasteiger charge is -2.31. The fourth-order valence-corrected chi connectivity index (χ4v) is 5.50. The number of aliphatic hydroxyl groups is 1. The highest BCUT2D eigenvalue weighted by atomic mass is 35.5. The fourth-order valence-electron chi connectivity index (χ4n) is 5.25. The molecule has 0 radical (unpaired) electrons. The van der Waals surface area contributed by atoms with Crippen molar-refractivity contribution < 1.29 is 41.8 Å². The summed E-state index contributed by atoms with van der Waals surface area (Å²) in [5.41, 5.74) is 0.0913. The van der Waals surface area contributed by atoms with E-state index in [-0.39, 0.29) is 51.9 Å². The number of alkyl halides is 3. The Balaban J connectivity index is 1.41. The summed E-state index contributed by atoms with van der Waals surface area (Å²) in [6, 6.07) is 8.13. The standard InChI is InChI=1S/C27H19ClF4N4O5/c28-16-8-17-12(6-20(37)35-17)5-14(16)23(38)34-10-26(40,27(30,31)32)18-7-15-22(41-19-9-25(15,19)24(33)39)21(36-18)11-1-3-13(29)4-2-11/h1-5,7-8,19,40H,6,9-10H2,(H2,33,39)(H,34,38)(H,35,37)/t19?,25-,26+/m1/s1. The molecule has 41 heavy (non-hydrogen) atoms. The number of nitrogens with one attached hydrogen (secondary N) is 2. The molecule has 6 rings (SSSR count). The maximum atomic E-state index is 14.6. The second kappa shape index (κ2) is 8.88. The van der Waals surface area contributed by atoms with Gasteiger partial charge in [-0.1, -0.05) is 11.6 Å². The van der Waals surface area contributed by atoms with Crippen LogP contribution in [0.3, 0.4) is 0 Å². The SMILES string of the molecule is NC(=O)[C@@]12CC1Oc1c2cc([C@@](O)(CNC(=O)c2cc3c(cc2Cl)NC(=O)C3)C(F)(F)F)nc1-c1ccc(F)cc1. The normalized spacial score (nSPS) is 21.6. The van der Waals surface area contributed by atoms with Crippen LogP contribution in [0.4, 0.5) is 23.2 Å². The van der Waals surface area contributed by atoms with E-state index < -0.39 is 53.2 Å². The van der Waals surface area contributed by atoms with Crippen LogP contribution in [0.2, 0.25) is 5.02 Å². The van der Waals surface area contributed by atoms with Crippen molar-refractivity contribution in [2.24, 2.45) is 5.73 Å². The number of benzene rings is 2. The molecule has 3 aromatic rings. The highest BCUT2D eigenvalue weighted by molar-refractivity contribution is 6.34. The molecule has 3 atom stereocenters. The van der Waals surface area contributed by atoms with Crippen molar-refractivity contribution in [3.8, 4) is 17.0 Å². The van der Waals surface area contributed by atoms with Gasteiger partial charge < -0.3 is 26.2 Å². The highest BCUT2D eigenvalue weighted by Crippen LogP contribution is 2.61. The smallest absolute Gasteiger partial charge is 0.424 e. The summed E-state index contributed by atoms with van der Waals surface area (Å²) < 4.78 is 63.1. The number of aromatic nitrogens is 1. The lowest BCUT2D eigenvalue weighted by molar-refractivity contribution is -0.265. The molecule has 1 saturated carbocycles. The average Bonchev–Trinajstić information content (AvgIpc) is 3.38. The first-order valence-electron chi connectivity index (χ1n) is 12.2. The van der Waals surface area contributed by atoms with Crippen LogP contribution in [0.25, 0.3) is 11.3 Å². The number of carbonyl (C=O) groups is 3. The van der Waals surface area contributed by atoms with Crippen LogP contribution in [0.15, 0.2) is 42.5 Å². The third-order valence-corrected chi connectivity index (χ3v) is 7.94. The molecule has 9 nitrogen and oxygen atoms in total. The lowest BCUT2D eigenvalue weighted by atomic mass is 9.89. The van der Waals surface area contributed by atoms with Crippen LogP contribution in [0.1, 0.15) is 33.6 Å². The summed E-state index contributed by atoms with van der Waals surface area (Å²) in [6.07, 6.45) is -6.03. The molecule has 2 aromatic carbocycles.